The summed E-state index contributed by atoms with van der Waals surface area (Å²) in [5.74, 6) is 0. The van der Waals surface area contributed by atoms with Crippen LogP contribution in [0.1, 0.15) is 37.9 Å². The Kier molecular flexibility index (Phi) is 5.64. The molecule has 0 radical (unpaired) electrons. The molecule has 156 valence electrons. The maximum absolute atomic E-state index is 13.0. The average Bonchev–Trinajstić information content (AvgIpc) is 3.12. The fraction of sp³-hybridized carbons (Fsp3) is 0.455. The number of halogens is 1. The van der Waals surface area contributed by atoms with E-state index in [1.165, 1.54) is 0 Å². The molecule has 4 rings (SSSR count). The first kappa shape index (κ1) is 20.7. The lowest BCUT2D eigenvalue weighted by Gasteiger charge is -2.38. The van der Waals surface area contributed by atoms with Gasteiger partial charge in [-0.1, -0.05) is 35.9 Å². The van der Waals surface area contributed by atoms with Gasteiger partial charge < -0.3 is 10.0 Å². The summed E-state index contributed by atoms with van der Waals surface area (Å²) in [4.78, 5) is 2.58. The van der Waals surface area contributed by atoms with Gasteiger partial charge in [-0.2, -0.15) is 4.31 Å². The zero-order valence-electron chi connectivity index (χ0n) is 16.6. The molecule has 0 aromatic heterocycles. The molecule has 2 aromatic rings. The summed E-state index contributed by atoms with van der Waals surface area (Å²) in [6.45, 7) is 4.75. The lowest BCUT2D eigenvalue weighted by Crippen LogP contribution is -2.44. The van der Waals surface area contributed by atoms with E-state index in [1.807, 2.05) is 12.1 Å². The van der Waals surface area contributed by atoms with E-state index in [-0.39, 0.29) is 15.3 Å². The van der Waals surface area contributed by atoms with Gasteiger partial charge in [-0.05, 0) is 61.4 Å². The number of rotatable bonds is 4. The van der Waals surface area contributed by atoms with Crippen molar-refractivity contribution in [3.8, 4) is 0 Å². The molecule has 29 heavy (non-hydrogen) atoms. The Labute approximate surface area is 178 Å². The molecule has 5 nitrogen and oxygen atoms in total. The van der Waals surface area contributed by atoms with E-state index in [0.29, 0.717) is 13.1 Å². The number of hydrogen-bond acceptors (Lipinski definition) is 4. The van der Waals surface area contributed by atoms with Gasteiger partial charge in [-0.25, -0.2) is 8.42 Å². The number of piperidine rings is 1. The molecule has 1 atom stereocenters. The molecule has 2 heterocycles. The van der Waals surface area contributed by atoms with Crippen molar-refractivity contribution in [2.24, 2.45) is 5.41 Å². The summed E-state index contributed by atoms with van der Waals surface area (Å²) in [5, 5.41) is 9.97. The fourth-order valence-corrected chi connectivity index (χ4v) is 6.46. The average molecular weight is 435 g/mol. The Morgan fingerprint density at radius 1 is 1.00 bits per heavy atom. The number of nitrogens with zero attached hydrogens (tertiary/aromatic N) is 2. The second-order valence-corrected chi connectivity index (χ2v) is 10.6. The molecule has 0 bridgehead atoms. The molecule has 1 spiro atoms. The van der Waals surface area contributed by atoms with Gasteiger partial charge in [0.05, 0.1) is 11.1 Å². The fourth-order valence-electron chi connectivity index (χ4n) is 4.52. The standard InChI is InChI=1S/C22H27ClN2O3S/c1-17(26)18-6-8-19(9-7-18)24-13-10-22(16-24)11-14-25(15-12-22)29(27,28)21-5-3-2-4-20(21)23/h2-9,17,26H,10-16H2,1H3. The van der Waals surface area contributed by atoms with Gasteiger partial charge in [0.25, 0.3) is 0 Å². The molecule has 7 heteroatoms. The SMILES string of the molecule is CC(O)c1ccc(N2CCC3(CCN(S(=O)(=O)c4ccccc4Cl)CC3)C2)cc1. The topological polar surface area (TPSA) is 60.9 Å². The minimum atomic E-state index is -3.55. The summed E-state index contributed by atoms with van der Waals surface area (Å²) in [6, 6.07) is 14.7. The number of anilines is 1. The molecule has 0 saturated carbocycles. The molecule has 2 aliphatic heterocycles. The van der Waals surface area contributed by atoms with Crippen LogP contribution in [0.5, 0.6) is 0 Å². The van der Waals surface area contributed by atoms with E-state index in [9.17, 15) is 13.5 Å². The van der Waals surface area contributed by atoms with E-state index in [2.05, 4.69) is 17.0 Å². The normalized spacial score (nSPS) is 20.9. The first-order chi connectivity index (χ1) is 13.8. The van der Waals surface area contributed by atoms with Gasteiger partial charge in [0.2, 0.25) is 10.0 Å². The van der Waals surface area contributed by atoms with Crippen LogP contribution >= 0.6 is 11.6 Å². The first-order valence-corrected chi connectivity index (χ1v) is 11.9. The third-order valence-corrected chi connectivity index (χ3v) is 8.81. The summed E-state index contributed by atoms with van der Waals surface area (Å²) >= 11 is 6.14. The summed E-state index contributed by atoms with van der Waals surface area (Å²) < 4.78 is 27.6. The van der Waals surface area contributed by atoms with E-state index < -0.39 is 16.1 Å². The van der Waals surface area contributed by atoms with E-state index in [4.69, 9.17) is 11.6 Å². The van der Waals surface area contributed by atoms with Gasteiger partial charge >= 0.3 is 0 Å². The highest BCUT2D eigenvalue weighted by atomic mass is 35.5. The van der Waals surface area contributed by atoms with Crippen molar-refractivity contribution in [1.29, 1.82) is 0 Å². The number of hydrogen-bond donors (Lipinski definition) is 1. The highest BCUT2D eigenvalue weighted by molar-refractivity contribution is 7.89. The molecule has 2 aliphatic rings. The number of aliphatic hydroxyl groups is 1. The van der Waals surface area contributed by atoms with Crippen LogP contribution in [0, 0.1) is 5.41 Å². The molecule has 2 saturated heterocycles. The lowest BCUT2D eigenvalue weighted by atomic mass is 9.78. The van der Waals surface area contributed by atoms with Crippen molar-refractivity contribution in [1.82, 2.24) is 4.31 Å². The van der Waals surface area contributed by atoms with E-state index in [1.54, 1.807) is 35.5 Å². The van der Waals surface area contributed by atoms with Gasteiger partial charge in [0.1, 0.15) is 4.90 Å². The predicted octanol–water partition coefficient (Wildman–Crippen LogP) is 4.07. The predicted molar refractivity (Wildman–Crippen MR) is 116 cm³/mol. The molecule has 0 amide bonds. The third-order valence-electron chi connectivity index (χ3n) is 6.42. The Hall–Kier alpha value is -1.60. The van der Waals surface area contributed by atoms with Gasteiger partial charge in [-0.15, -0.1) is 0 Å². The minimum absolute atomic E-state index is 0.162. The van der Waals surface area contributed by atoms with Crippen LogP contribution in [0.3, 0.4) is 0 Å². The molecular formula is C22H27ClN2O3S. The molecule has 0 aliphatic carbocycles. The summed E-state index contributed by atoms with van der Waals surface area (Å²) in [5.41, 5.74) is 2.24. The highest BCUT2D eigenvalue weighted by Crippen LogP contribution is 2.43. The smallest absolute Gasteiger partial charge is 0.244 e. The van der Waals surface area contributed by atoms with Crippen LogP contribution < -0.4 is 4.90 Å². The zero-order valence-corrected chi connectivity index (χ0v) is 18.2. The second kappa shape index (κ2) is 7.91. The Balaban J connectivity index is 1.42. The molecule has 2 aromatic carbocycles. The van der Waals surface area contributed by atoms with Crippen LogP contribution in [-0.2, 0) is 10.0 Å². The summed E-state index contributed by atoms with van der Waals surface area (Å²) in [6.07, 6.45) is 2.33. The molecule has 2 fully saturated rings. The van der Waals surface area contributed by atoms with Crippen molar-refractivity contribution >= 4 is 27.3 Å². The van der Waals surface area contributed by atoms with E-state index >= 15 is 0 Å². The van der Waals surface area contributed by atoms with Crippen LogP contribution in [0.4, 0.5) is 5.69 Å². The van der Waals surface area contributed by atoms with Crippen LogP contribution in [0.25, 0.3) is 0 Å². The third kappa shape index (κ3) is 4.04. The number of benzene rings is 2. The van der Waals surface area contributed by atoms with Gasteiger partial charge in [0.15, 0.2) is 0 Å². The van der Waals surface area contributed by atoms with Crippen molar-refractivity contribution < 1.29 is 13.5 Å². The molecular weight excluding hydrogens is 408 g/mol. The minimum Gasteiger partial charge on any atom is -0.389 e. The molecule has 1 N–H and O–H groups in total. The lowest BCUT2D eigenvalue weighted by molar-refractivity contribution is 0.177. The van der Waals surface area contributed by atoms with Crippen molar-refractivity contribution in [3.05, 3.63) is 59.1 Å². The number of aliphatic hydroxyl groups excluding tert-OH is 1. The maximum atomic E-state index is 13.0. The van der Waals surface area contributed by atoms with Gasteiger partial charge in [-0.3, -0.25) is 0 Å². The highest BCUT2D eigenvalue weighted by Gasteiger charge is 2.43. The van der Waals surface area contributed by atoms with Crippen molar-refractivity contribution in [2.75, 3.05) is 31.1 Å². The quantitative estimate of drug-likeness (QED) is 0.787. The Bertz CT molecular complexity index is 968. The first-order valence-electron chi connectivity index (χ1n) is 10.1. The molecule has 1 unspecified atom stereocenters. The van der Waals surface area contributed by atoms with Crippen LogP contribution in [-0.4, -0.2) is 44.0 Å². The second-order valence-electron chi connectivity index (χ2n) is 8.27. The van der Waals surface area contributed by atoms with Crippen LogP contribution in [0.15, 0.2) is 53.4 Å². The largest absolute Gasteiger partial charge is 0.389 e. The van der Waals surface area contributed by atoms with Crippen molar-refractivity contribution in [2.45, 2.75) is 37.2 Å². The Morgan fingerprint density at radius 3 is 2.24 bits per heavy atom. The van der Waals surface area contributed by atoms with Gasteiger partial charge in [0, 0.05) is 31.9 Å². The maximum Gasteiger partial charge on any atom is 0.244 e. The van der Waals surface area contributed by atoms with Crippen LogP contribution in [0.2, 0.25) is 5.02 Å². The summed E-state index contributed by atoms with van der Waals surface area (Å²) in [7, 11) is -3.55. The number of sulfonamides is 1. The Morgan fingerprint density at radius 2 is 1.62 bits per heavy atom. The van der Waals surface area contributed by atoms with Crippen molar-refractivity contribution in [3.63, 3.8) is 0 Å². The zero-order chi connectivity index (χ0) is 20.6. The van der Waals surface area contributed by atoms with E-state index in [0.717, 1.165) is 43.6 Å². The monoisotopic (exact) mass is 434 g/mol.